The van der Waals surface area contributed by atoms with Gasteiger partial charge in [0, 0.05) is 7.05 Å². The summed E-state index contributed by atoms with van der Waals surface area (Å²) in [7, 11) is 5.56. The summed E-state index contributed by atoms with van der Waals surface area (Å²) in [6.07, 6.45) is 4.15. The Bertz CT molecular complexity index is 116. The van der Waals surface area contributed by atoms with E-state index in [-0.39, 0.29) is 5.54 Å². The van der Waals surface area contributed by atoms with E-state index < -0.39 is 0 Å². The minimum Gasteiger partial charge on any atom is -0.301 e. The van der Waals surface area contributed by atoms with Gasteiger partial charge in [-0.25, -0.2) is 0 Å². The normalized spacial score (nSPS) is 23.4. The van der Waals surface area contributed by atoms with Crippen LogP contribution in [-0.4, -0.2) is 23.8 Å². The van der Waals surface area contributed by atoms with Gasteiger partial charge >= 0.3 is 0 Å². The van der Waals surface area contributed by atoms with E-state index in [9.17, 15) is 4.79 Å². The number of likely N-dealkylation sites (N-methyl/N-ethyl adjacent to an activating group) is 1. The van der Waals surface area contributed by atoms with Crippen molar-refractivity contribution in [2.24, 2.45) is 0 Å². The molecule has 0 aromatic heterocycles. The predicted molar refractivity (Wildman–Crippen MR) is 35.8 cm³/mol. The summed E-state index contributed by atoms with van der Waals surface area (Å²) in [5.41, 5.74) is -0.194. The fourth-order valence-corrected chi connectivity index (χ4v) is 1.13. The summed E-state index contributed by atoms with van der Waals surface area (Å²) in [4.78, 5) is 12.2. The van der Waals surface area contributed by atoms with E-state index in [1.54, 1.807) is 4.90 Å². The minimum atomic E-state index is -0.194. The molecule has 0 spiro atoms. The average molecular weight is 126 g/mol. The van der Waals surface area contributed by atoms with Gasteiger partial charge in [0.05, 0.1) is 5.54 Å². The largest absolute Gasteiger partial charge is 0.301 e. The number of nitrogens with zero attached hydrogens (tertiary/aromatic N) is 1. The molecule has 2 nitrogen and oxygen atoms in total. The van der Waals surface area contributed by atoms with E-state index in [4.69, 9.17) is 0 Å². The summed E-state index contributed by atoms with van der Waals surface area (Å²) >= 11 is 0. The third-order valence-corrected chi connectivity index (χ3v) is 2.20. The van der Waals surface area contributed by atoms with Crippen molar-refractivity contribution in [2.45, 2.75) is 24.8 Å². The fourth-order valence-electron chi connectivity index (χ4n) is 1.13. The highest BCUT2D eigenvalue weighted by Crippen LogP contribution is 2.34. The molecule has 0 bridgehead atoms. The molecule has 9 heavy (non-hydrogen) atoms. The van der Waals surface area contributed by atoms with Crippen molar-refractivity contribution < 1.29 is 4.79 Å². The van der Waals surface area contributed by atoms with Gasteiger partial charge in [0.1, 0.15) is 6.29 Å². The van der Waals surface area contributed by atoms with Gasteiger partial charge < -0.3 is 4.79 Å². The zero-order valence-electron chi connectivity index (χ0n) is 5.76. The van der Waals surface area contributed by atoms with Gasteiger partial charge in [0.2, 0.25) is 0 Å². The van der Waals surface area contributed by atoms with Crippen LogP contribution in [0.5, 0.6) is 0 Å². The number of rotatable bonds is 2. The molecular formula is C7H12NO. The Morgan fingerprint density at radius 1 is 1.67 bits per heavy atom. The van der Waals surface area contributed by atoms with Gasteiger partial charge in [-0.2, -0.15) is 0 Å². The lowest BCUT2D eigenvalue weighted by molar-refractivity contribution is -0.121. The molecule has 0 aliphatic heterocycles. The fraction of sp³-hybridized carbons (Fsp3) is 0.714. The van der Waals surface area contributed by atoms with E-state index in [0.29, 0.717) is 0 Å². The monoisotopic (exact) mass is 126 g/mol. The second-order valence-electron chi connectivity index (χ2n) is 2.77. The van der Waals surface area contributed by atoms with Crippen LogP contribution >= 0.6 is 0 Å². The molecular weight excluding hydrogens is 114 g/mol. The maximum absolute atomic E-state index is 10.5. The van der Waals surface area contributed by atoms with Gasteiger partial charge in [0.25, 0.3) is 0 Å². The second kappa shape index (κ2) is 2.10. The van der Waals surface area contributed by atoms with Gasteiger partial charge in [-0.05, 0) is 26.3 Å². The molecule has 0 N–H and O–H groups in total. The molecule has 0 unspecified atom stereocenters. The number of hydrogen-bond acceptors (Lipinski definition) is 2. The van der Waals surface area contributed by atoms with Crippen molar-refractivity contribution >= 4 is 6.29 Å². The molecule has 0 atom stereocenters. The zero-order chi connectivity index (χ0) is 6.91. The molecule has 1 fully saturated rings. The molecule has 1 aliphatic carbocycles. The molecule has 0 saturated heterocycles. The highest BCUT2D eigenvalue weighted by atomic mass is 16.1. The first kappa shape index (κ1) is 6.75. The number of carbonyl (C=O) groups is 1. The van der Waals surface area contributed by atoms with Gasteiger partial charge in [-0.15, -0.1) is 0 Å². The van der Waals surface area contributed by atoms with Crippen molar-refractivity contribution in [1.29, 1.82) is 0 Å². The smallest absolute Gasteiger partial charge is 0.140 e. The average Bonchev–Trinajstić information content (AvgIpc) is 1.62. The van der Waals surface area contributed by atoms with Gasteiger partial charge in [-0.1, -0.05) is 0 Å². The topological polar surface area (TPSA) is 20.3 Å². The van der Waals surface area contributed by atoms with Gasteiger partial charge in [0.15, 0.2) is 0 Å². The highest BCUT2D eigenvalue weighted by Gasteiger charge is 2.38. The maximum Gasteiger partial charge on any atom is 0.140 e. The lowest BCUT2D eigenvalue weighted by atomic mass is 9.77. The van der Waals surface area contributed by atoms with E-state index >= 15 is 0 Å². The Hall–Kier alpha value is -0.370. The lowest BCUT2D eigenvalue weighted by Gasteiger charge is -2.42. The number of aldehydes is 1. The summed E-state index contributed by atoms with van der Waals surface area (Å²) in [6, 6.07) is 0. The van der Waals surface area contributed by atoms with E-state index in [2.05, 4.69) is 7.05 Å². The molecule has 1 saturated carbocycles. The first-order valence-electron chi connectivity index (χ1n) is 3.22. The quantitative estimate of drug-likeness (QED) is 0.511. The molecule has 0 amide bonds. The van der Waals surface area contributed by atoms with Crippen molar-refractivity contribution in [1.82, 2.24) is 4.90 Å². The van der Waals surface area contributed by atoms with Crippen LogP contribution in [0.2, 0.25) is 0 Å². The lowest BCUT2D eigenvalue weighted by Crippen LogP contribution is -2.50. The Morgan fingerprint density at radius 2 is 2.22 bits per heavy atom. The van der Waals surface area contributed by atoms with Crippen molar-refractivity contribution in [3.8, 4) is 0 Å². The Morgan fingerprint density at radius 3 is 2.22 bits per heavy atom. The summed E-state index contributed by atoms with van der Waals surface area (Å²) in [5.74, 6) is 0. The SMILES string of the molecule is [CH2]N(C)C1(C=O)CCC1. The van der Waals surface area contributed by atoms with Crippen LogP contribution in [0.4, 0.5) is 0 Å². The predicted octanol–water partition coefficient (Wildman–Crippen LogP) is 0.831. The number of hydrogen-bond donors (Lipinski definition) is 0. The molecule has 0 aromatic rings. The van der Waals surface area contributed by atoms with Gasteiger partial charge in [-0.3, -0.25) is 4.90 Å². The summed E-state index contributed by atoms with van der Waals surface area (Å²) in [6.45, 7) is 0. The third kappa shape index (κ3) is 0.874. The maximum atomic E-state index is 10.5. The molecule has 1 aliphatic rings. The highest BCUT2D eigenvalue weighted by molar-refractivity contribution is 5.65. The molecule has 51 valence electrons. The van der Waals surface area contributed by atoms with Crippen LogP contribution < -0.4 is 0 Å². The Kier molecular flexibility index (Phi) is 1.58. The van der Waals surface area contributed by atoms with Crippen LogP contribution in [0.1, 0.15) is 19.3 Å². The van der Waals surface area contributed by atoms with Crippen molar-refractivity contribution in [3.63, 3.8) is 0 Å². The van der Waals surface area contributed by atoms with Crippen LogP contribution in [0.15, 0.2) is 0 Å². The first-order chi connectivity index (χ1) is 4.21. The molecule has 2 heteroatoms. The standard InChI is InChI=1S/C7H12NO/c1-8(2)7(6-9)4-3-5-7/h6H,1,3-5H2,2H3. The van der Waals surface area contributed by atoms with E-state index in [1.807, 2.05) is 7.05 Å². The summed E-state index contributed by atoms with van der Waals surface area (Å²) < 4.78 is 0. The van der Waals surface area contributed by atoms with E-state index in [0.717, 1.165) is 19.1 Å². The first-order valence-corrected chi connectivity index (χ1v) is 3.22. The Labute approximate surface area is 55.8 Å². The second-order valence-corrected chi connectivity index (χ2v) is 2.77. The zero-order valence-corrected chi connectivity index (χ0v) is 5.76. The van der Waals surface area contributed by atoms with Crippen molar-refractivity contribution in [3.05, 3.63) is 7.05 Å². The number of carbonyl (C=O) groups excluding carboxylic acids is 1. The molecule has 0 aromatic carbocycles. The van der Waals surface area contributed by atoms with E-state index in [1.165, 1.54) is 6.42 Å². The van der Waals surface area contributed by atoms with Crippen molar-refractivity contribution in [2.75, 3.05) is 7.05 Å². The van der Waals surface area contributed by atoms with Crippen LogP contribution in [0, 0.1) is 7.05 Å². The third-order valence-electron chi connectivity index (χ3n) is 2.20. The Balaban J connectivity index is 2.56. The minimum absolute atomic E-state index is 0.194. The van der Waals surface area contributed by atoms with Crippen LogP contribution in [-0.2, 0) is 4.79 Å². The van der Waals surface area contributed by atoms with Crippen LogP contribution in [0.3, 0.4) is 0 Å². The molecule has 1 radical (unpaired) electrons. The van der Waals surface area contributed by atoms with Crippen LogP contribution in [0.25, 0.3) is 0 Å². The molecule has 0 heterocycles. The molecule has 1 rings (SSSR count). The summed E-state index contributed by atoms with van der Waals surface area (Å²) in [5, 5.41) is 0.